The molecule has 2 heterocycles. The van der Waals surface area contributed by atoms with Gasteiger partial charge in [-0.3, -0.25) is 9.36 Å². The maximum atomic E-state index is 12.7. The van der Waals surface area contributed by atoms with Crippen LogP contribution in [-0.2, 0) is 9.53 Å². The Morgan fingerprint density at radius 3 is 2.73 bits per heavy atom. The molecule has 0 N–H and O–H groups in total. The molecule has 4 rings (SSSR count). The molecule has 0 bridgehead atoms. The Morgan fingerprint density at radius 2 is 2.00 bits per heavy atom. The van der Waals surface area contributed by atoms with Gasteiger partial charge >= 0.3 is 0 Å². The molecule has 6 nitrogen and oxygen atoms in total. The van der Waals surface area contributed by atoms with Crippen LogP contribution in [0, 0.1) is 0 Å². The highest BCUT2D eigenvalue weighted by atomic mass is 35.5. The van der Waals surface area contributed by atoms with Crippen LogP contribution in [0.25, 0.3) is 17.1 Å². The van der Waals surface area contributed by atoms with Crippen LogP contribution in [0.2, 0.25) is 10.0 Å². The number of amides is 1. The van der Waals surface area contributed by atoms with Gasteiger partial charge in [0.2, 0.25) is 5.91 Å². The summed E-state index contributed by atoms with van der Waals surface area (Å²) < 4.78 is 7.43. The van der Waals surface area contributed by atoms with Gasteiger partial charge in [0.05, 0.1) is 23.5 Å². The average molecular weight is 463 g/mol. The summed E-state index contributed by atoms with van der Waals surface area (Å²) >= 11 is 13.8. The van der Waals surface area contributed by atoms with E-state index >= 15 is 0 Å². The van der Waals surface area contributed by atoms with Crippen LogP contribution in [0.4, 0.5) is 0 Å². The lowest BCUT2D eigenvalue weighted by atomic mass is 10.2. The van der Waals surface area contributed by atoms with E-state index in [1.807, 2.05) is 52.8 Å². The van der Waals surface area contributed by atoms with Crippen molar-refractivity contribution in [1.29, 1.82) is 0 Å². The molecule has 1 aliphatic heterocycles. The molecule has 0 spiro atoms. The van der Waals surface area contributed by atoms with Gasteiger partial charge in [-0.15, -0.1) is 10.2 Å². The van der Waals surface area contributed by atoms with E-state index in [1.165, 1.54) is 11.8 Å². The normalized spacial score (nSPS) is 16.6. The number of nitrogens with zero attached hydrogens (tertiary/aromatic N) is 4. The smallest absolute Gasteiger partial charge is 0.233 e. The number of thioether (sulfide) groups is 1. The van der Waals surface area contributed by atoms with Gasteiger partial charge in [0.1, 0.15) is 0 Å². The first kappa shape index (κ1) is 21.2. The Balaban J connectivity index is 1.63. The minimum absolute atomic E-state index is 0.0549. The van der Waals surface area contributed by atoms with E-state index in [4.69, 9.17) is 27.9 Å². The summed E-state index contributed by atoms with van der Waals surface area (Å²) in [4.78, 5) is 14.5. The molecule has 9 heteroatoms. The van der Waals surface area contributed by atoms with Crippen LogP contribution >= 0.6 is 35.0 Å². The van der Waals surface area contributed by atoms with Gasteiger partial charge in [-0.25, -0.2) is 0 Å². The Labute approximate surface area is 189 Å². The zero-order chi connectivity index (χ0) is 21.1. The zero-order valence-electron chi connectivity index (χ0n) is 16.3. The van der Waals surface area contributed by atoms with E-state index in [2.05, 4.69) is 10.2 Å². The van der Waals surface area contributed by atoms with Gasteiger partial charge in [-0.05, 0) is 37.3 Å². The second-order valence-corrected chi connectivity index (χ2v) is 8.70. The predicted molar refractivity (Wildman–Crippen MR) is 120 cm³/mol. The van der Waals surface area contributed by atoms with E-state index in [-0.39, 0.29) is 17.8 Å². The number of carbonyl (C=O) groups excluding carboxylic acids is 1. The molecule has 2 aromatic carbocycles. The van der Waals surface area contributed by atoms with Crippen molar-refractivity contribution >= 4 is 40.9 Å². The lowest BCUT2D eigenvalue weighted by Crippen LogP contribution is -2.45. The summed E-state index contributed by atoms with van der Waals surface area (Å²) in [5, 5.41) is 10.4. The lowest BCUT2D eigenvalue weighted by molar-refractivity contribution is -0.135. The molecule has 30 heavy (non-hydrogen) atoms. The quantitative estimate of drug-likeness (QED) is 0.519. The van der Waals surface area contributed by atoms with Gasteiger partial charge in [0, 0.05) is 29.4 Å². The van der Waals surface area contributed by atoms with E-state index in [0.29, 0.717) is 40.7 Å². The van der Waals surface area contributed by atoms with Crippen molar-refractivity contribution < 1.29 is 9.53 Å². The third-order valence-electron chi connectivity index (χ3n) is 4.74. The van der Waals surface area contributed by atoms with Crippen molar-refractivity contribution in [2.75, 3.05) is 25.4 Å². The molecule has 0 aliphatic carbocycles. The Hall–Kier alpha value is -2.06. The van der Waals surface area contributed by atoms with Crippen LogP contribution < -0.4 is 0 Å². The molecule has 156 valence electrons. The van der Waals surface area contributed by atoms with E-state index < -0.39 is 0 Å². The predicted octanol–water partition coefficient (Wildman–Crippen LogP) is 4.58. The van der Waals surface area contributed by atoms with Crippen LogP contribution in [0.5, 0.6) is 0 Å². The van der Waals surface area contributed by atoms with Crippen molar-refractivity contribution in [1.82, 2.24) is 19.7 Å². The molecule has 1 unspecified atom stereocenters. The molecule has 0 radical (unpaired) electrons. The summed E-state index contributed by atoms with van der Waals surface area (Å²) in [5.74, 6) is 0.924. The minimum atomic E-state index is 0.0549. The standard InChI is InChI=1S/C21H20Cl2N4O2S/c1-14-12-26(9-10-29-14)19(28)13-30-21-25-24-20(17-8-7-15(22)11-18(17)23)27(21)16-5-3-2-4-6-16/h2-8,11,14H,9-10,12-13H2,1H3. The van der Waals surface area contributed by atoms with Crippen LogP contribution in [0.15, 0.2) is 53.7 Å². The number of ether oxygens (including phenoxy) is 1. The number of rotatable bonds is 5. The molecule has 1 amide bonds. The van der Waals surface area contributed by atoms with Crippen LogP contribution in [0.1, 0.15) is 6.92 Å². The number of halogens is 2. The number of morpholine rings is 1. The number of para-hydroxylation sites is 1. The van der Waals surface area contributed by atoms with E-state index in [9.17, 15) is 4.79 Å². The molecule has 1 atom stereocenters. The van der Waals surface area contributed by atoms with Crippen LogP contribution in [-0.4, -0.2) is 57.1 Å². The fraction of sp³-hybridized carbons (Fsp3) is 0.286. The SMILES string of the molecule is CC1CN(C(=O)CSc2nnc(-c3ccc(Cl)cc3Cl)n2-c2ccccc2)CCO1. The summed E-state index contributed by atoms with van der Waals surface area (Å²) in [6.07, 6.45) is 0.0549. The first-order valence-corrected chi connectivity index (χ1v) is 11.3. The van der Waals surface area contributed by atoms with Crippen LogP contribution in [0.3, 0.4) is 0 Å². The van der Waals surface area contributed by atoms with Gasteiger partial charge < -0.3 is 9.64 Å². The molecule has 1 fully saturated rings. The van der Waals surface area contributed by atoms with E-state index in [0.717, 1.165) is 11.3 Å². The van der Waals surface area contributed by atoms with Crippen molar-refractivity contribution in [2.45, 2.75) is 18.2 Å². The van der Waals surface area contributed by atoms with Crippen molar-refractivity contribution in [3.63, 3.8) is 0 Å². The Bertz CT molecular complexity index is 1040. The van der Waals surface area contributed by atoms with Crippen molar-refractivity contribution in [3.05, 3.63) is 58.6 Å². The average Bonchev–Trinajstić information content (AvgIpc) is 3.16. The molecular weight excluding hydrogens is 443 g/mol. The topological polar surface area (TPSA) is 60.2 Å². The molecule has 3 aromatic rings. The fourth-order valence-electron chi connectivity index (χ4n) is 3.28. The van der Waals surface area contributed by atoms with Crippen molar-refractivity contribution in [2.24, 2.45) is 0 Å². The highest BCUT2D eigenvalue weighted by molar-refractivity contribution is 7.99. The fourth-order valence-corrected chi connectivity index (χ4v) is 4.63. The molecule has 1 aliphatic rings. The minimum Gasteiger partial charge on any atom is -0.375 e. The maximum Gasteiger partial charge on any atom is 0.233 e. The highest BCUT2D eigenvalue weighted by Crippen LogP contribution is 2.33. The van der Waals surface area contributed by atoms with Gasteiger partial charge in [-0.1, -0.05) is 53.2 Å². The lowest BCUT2D eigenvalue weighted by Gasteiger charge is -2.31. The number of hydrogen-bond donors (Lipinski definition) is 0. The van der Waals surface area contributed by atoms with Gasteiger partial charge in [0.15, 0.2) is 11.0 Å². The summed E-state index contributed by atoms with van der Waals surface area (Å²) in [5.41, 5.74) is 1.61. The summed E-state index contributed by atoms with van der Waals surface area (Å²) in [6.45, 7) is 3.76. The largest absolute Gasteiger partial charge is 0.375 e. The van der Waals surface area contributed by atoms with Gasteiger partial charge in [-0.2, -0.15) is 0 Å². The second-order valence-electron chi connectivity index (χ2n) is 6.91. The van der Waals surface area contributed by atoms with E-state index in [1.54, 1.807) is 12.1 Å². The monoisotopic (exact) mass is 462 g/mol. The molecule has 0 saturated carbocycles. The number of benzene rings is 2. The summed E-state index contributed by atoms with van der Waals surface area (Å²) in [6, 6.07) is 15.0. The first-order chi connectivity index (χ1) is 14.5. The third-order valence-corrected chi connectivity index (χ3v) is 6.20. The number of aromatic nitrogens is 3. The Morgan fingerprint density at radius 1 is 1.20 bits per heavy atom. The number of hydrogen-bond acceptors (Lipinski definition) is 5. The second kappa shape index (κ2) is 9.39. The zero-order valence-corrected chi connectivity index (χ0v) is 18.6. The molecule has 1 aromatic heterocycles. The Kier molecular flexibility index (Phi) is 6.63. The first-order valence-electron chi connectivity index (χ1n) is 9.51. The third kappa shape index (κ3) is 4.64. The summed E-state index contributed by atoms with van der Waals surface area (Å²) in [7, 11) is 0. The molecule has 1 saturated heterocycles. The van der Waals surface area contributed by atoms with Gasteiger partial charge in [0.25, 0.3) is 0 Å². The highest BCUT2D eigenvalue weighted by Gasteiger charge is 2.23. The molecular formula is C21H20Cl2N4O2S. The number of carbonyl (C=O) groups is 1. The van der Waals surface area contributed by atoms with Crippen molar-refractivity contribution in [3.8, 4) is 17.1 Å². The maximum absolute atomic E-state index is 12.7.